The molecule has 0 aliphatic carbocycles. The first-order valence-corrected chi connectivity index (χ1v) is 8.22. The third-order valence-electron chi connectivity index (χ3n) is 3.58. The van der Waals surface area contributed by atoms with Crippen molar-refractivity contribution in [2.45, 2.75) is 32.7 Å². The molecule has 2 rings (SSSR count). The van der Waals surface area contributed by atoms with E-state index in [1.165, 1.54) is 5.56 Å². The summed E-state index contributed by atoms with van der Waals surface area (Å²) in [4.78, 5) is 0. The number of rotatable bonds is 6. The van der Waals surface area contributed by atoms with Crippen LogP contribution in [0.4, 0.5) is 4.39 Å². The summed E-state index contributed by atoms with van der Waals surface area (Å²) in [5.41, 5.74) is 3.07. The topological polar surface area (TPSA) is 12.0 Å². The van der Waals surface area contributed by atoms with E-state index in [0.29, 0.717) is 10.0 Å². The van der Waals surface area contributed by atoms with E-state index in [-0.39, 0.29) is 11.9 Å². The highest BCUT2D eigenvalue weighted by Crippen LogP contribution is 2.29. The highest BCUT2D eigenvalue weighted by atomic mass is 79.9. The second-order valence-corrected chi connectivity index (χ2v) is 5.98. The lowest BCUT2D eigenvalue weighted by atomic mass is 9.96. The first kappa shape index (κ1) is 16.2. The predicted molar refractivity (Wildman–Crippen MR) is 90.1 cm³/mol. The molecule has 21 heavy (non-hydrogen) atoms. The van der Waals surface area contributed by atoms with Crippen LogP contribution in [0, 0.1) is 5.82 Å². The monoisotopic (exact) mass is 349 g/mol. The smallest absolute Gasteiger partial charge is 0.142 e. The van der Waals surface area contributed by atoms with Crippen LogP contribution in [-0.2, 0) is 6.42 Å². The highest BCUT2D eigenvalue weighted by Gasteiger charge is 2.18. The molecule has 2 aromatic carbocycles. The van der Waals surface area contributed by atoms with Gasteiger partial charge in [-0.1, -0.05) is 50.2 Å². The number of halogens is 2. The average Bonchev–Trinajstić information content (AvgIpc) is 2.52. The van der Waals surface area contributed by atoms with Gasteiger partial charge in [0.2, 0.25) is 0 Å². The largest absolute Gasteiger partial charge is 0.306 e. The Bertz CT molecular complexity index is 598. The van der Waals surface area contributed by atoms with Crippen molar-refractivity contribution >= 4 is 15.9 Å². The van der Waals surface area contributed by atoms with Crippen LogP contribution in [0.5, 0.6) is 0 Å². The second-order valence-electron chi connectivity index (χ2n) is 5.13. The number of aryl methyl sites for hydroxylation is 1. The number of hydrogen-bond donors (Lipinski definition) is 1. The molecule has 0 fully saturated rings. The molecule has 0 saturated heterocycles. The van der Waals surface area contributed by atoms with Crippen LogP contribution in [0.3, 0.4) is 0 Å². The molecule has 1 atom stereocenters. The van der Waals surface area contributed by atoms with E-state index in [0.717, 1.165) is 24.9 Å². The van der Waals surface area contributed by atoms with Crippen LogP contribution in [0.25, 0.3) is 0 Å². The van der Waals surface area contributed by atoms with Gasteiger partial charge in [-0.2, -0.15) is 0 Å². The molecule has 0 heterocycles. The zero-order chi connectivity index (χ0) is 15.2. The maximum atomic E-state index is 14.5. The van der Waals surface area contributed by atoms with E-state index in [4.69, 9.17) is 0 Å². The average molecular weight is 350 g/mol. The van der Waals surface area contributed by atoms with Gasteiger partial charge < -0.3 is 5.32 Å². The molecule has 0 amide bonds. The van der Waals surface area contributed by atoms with E-state index in [1.807, 2.05) is 18.2 Å². The minimum absolute atomic E-state index is 0.117. The molecule has 0 radical (unpaired) electrons. The van der Waals surface area contributed by atoms with E-state index in [9.17, 15) is 4.39 Å². The molecule has 0 aliphatic rings. The Hall–Kier alpha value is -1.19. The van der Waals surface area contributed by atoms with E-state index in [2.05, 4.69) is 53.3 Å². The van der Waals surface area contributed by atoms with Crippen molar-refractivity contribution < 1.29 is 4.39 Å². The van der Waals surface area contributed by atoms with Crippen molar-refractivity contribution in [3.63, 3.8) is 0 Å². The lowest BCUT2D eigenvalue weighted by Crippen LogP contribution is -2.24. The fraction of sp³-hybridized carbons (Fsp3) is 0.333. The molecule has 0 aromatic heterocycles. The molecule has 112 valence electrons. The van der Waals surface area contributed by atoms with Gasteiger partial charge in [0.05, 0.1) is 10.5 Å². The number of hydrogen-bond acceptors (Lipinski definition) is 1. The Morgan fingerprint density at radius 2 is 1.90 bits per heavy atom. The van der Waals surface area contributed by atoms with Crippen LogP contribution in [0.2, 0.25) is 0 Å². The van der Waals surface area contributed by atoms with Gasteiger partial charge in [0.1, 0.15) is 5.82 Å². The molecule has 0 saturated carbocycles. The molecule has 2 aromatic rings. The van der Waals surface area contributed by atoms with Gasteiger partial charge in [0.15, 0.2) is 0 Å². The first-order chi connectivity index (χ1) is 10.2. The Labute approximate surface area is 134 Å². The van der Waals surface area contributed by atoms with Gasteiger partial charge in [-0.3, -0.25) is 0 Å². The zero-order valence-corrected chi connectivity index (χ0v) is 14.1. The van der Waals surface area contributed by atoms with Gasteiger partial charge >= 0.3 is 0 Å². The third kappa shape index (κ3) is 3.92. The number of nitrogens with one attached hydrogen (secondary N) is 1. The van der Waals surface area contributed by atoms with Crippen molar-refractivity contribution in [2.24, 2.45) is 0 Å². The summed E-state index contributed by atoms with van der Waals surface area (Å²) in [6, 6.07) is 13.7. The minimum Gasteiger partial charge on any atom is -0.306 e. The van der Waals surface area contributed by atoms with Crippen LogP contribution in [0.15, 0.2) is 46.9 Å². The quantitative estimate of drug-likeness (QED) is 0.751. The SMILES string of the molecule is CCCNC(c1cccc(CC)c1)c1cccc(Br)c1F. The standard InChI is InChI=1S/C18H21BrFN/c1-3-11-21-18(14-8-5-7-13(4-2)12-14)15-9-6-10-16(19)17(15)20/h5-10,12,18,21H,3-4,11H2,1-2H3. The Balaban J connectivity index is 2.44. The van der Waals surface area contributed by atoms with E-state index in [1.54, 1.807) is 6.07 Å². The Morgan fingerprint density at radius 3 is 2.62 bits per heavy atom. The lowest BCUT2D eigenvalue weighted by Gasteiger charge is -2.21. The summed E-state index contributed by atoms with van der Waals surface area (Å²) in [6.07, 6.45) is 1.99. The van der Waals surface area contributed by atoms with Gasteiger partial charge in [0, 0.05) is 5.56 Å². The maximum absolute atomic E-state index is 14.5. The summed E-state index contributed by atoms with van der Waals surface area (Å²) >= 11 is 3.28. The molecular formula is C18H21BrFN. The predicted octanol–water partition coefficient (Wildman–Crippen LogP) is 5.24. The third-order valence-corrected chi connectivity index (χ3v) is 4.20. The summed E-state index contributed by atoms with van der Waals surface area (Å²) in [7, 11) is 0. The van der Waals surface area contributed by atoms with Crippen molar-refractivity contribution in [1.29, 1.82) is 0 Å². The first-order valence-electron chi connectivity index (χ1n) is 7.43. The van der Waals surface area contributed by atoms with Crippen molar-refractivity contribution in [1.82, 2.24) is 5.32 Å². The molecule has 1 unspecified atom stereocenters. The molecule has 0 bridgehead atoms. The Kier molecular flexibility index (Phi) is 5.95. The molecule has 1 N–H and O–H groups in total. The van der Waals surface area contributed by atoms with Crippen LogP contribution in [0.1, 0.15) is 43.0 Å². The zero-order valence-electron chi connectivity index (χ0n) is 12.5. The second kappa shape index (κ2) is 7.71. The number of benzene rings is 2. The molecule has 0 spiro atoms. The maximum Gasteiger partial charge on any atom is 0.142 e. The highest BCUT2D eigenvalue weighted by molar-refractivity contribution is 9.10. The van der Waals surface area contributed by atoms with Gasteiger partial charge in [-0.05, 0) is 52.5 Å². The van der Waals surface area contributed by atoms with Crippen LogP contribution in [-0.4, -0.2) is 6.54 Å². The molecule has 0 aliphatic heterocycles. The molecule has 3 heteroatoms. The molecular weight excluding hydrogens is 329 g/mol. The summed E-state index contributed by atoms with van der Waals surface area (Å²) in [6.45, 7) is 5.10. The van der Waals surface area contributed by atoms with Gasteiger partial charge in [-0.15, -0.1) is 0 Å². The fourth-order valence-electron chi connectivity index (χ4n) is 2.43. The summed E-state index contributed by atoms with van der Waals surface area (Å²) < 4.78 is 15.0. The van der Waals surface area contributed by atoms with Crippen molar-refractivity contribution in [3.05, 3.63) is 69.4 Å². The summed E-state index contributed by atoms with van der Waals surface area (Å²) in [5.74, 6) is -0.187. The van der Waals surface area contributed by atoms with Gasteiger partial charge in [-0.25, -0.2) is 4.39 Å². The molecule has 1 nitrogen and oxygen atoms in total. The fourth-order valence-corrected chi connectivity index (χ4v) is 2.81. The van der Waals surface area contributed by atoms with E-state index < -0.39 is 0 Å². The van der Waals surface area contributed by atoms with Gasteiger partial charge in [0.25, 0.3) is 0 Å². The van der Waals surface area contributed by atoms with Crippen molar-refractivity contribution in [3.8, 4) is 0 Å². The van der Waals surface area contributed by atoms with Crippen molar-refractivity contribution in [2.75, 3.05) is 6.54 Å². The minimum atomic E-state index is -0.187. The normalized spacial score (nSPS) is 12.4. The lowest BCUT2D eigenvalue weighted by molar-refractivity contribution is 0.543. The summed E-state index contributed by atoms with van der Waals surface area (Å²) in [5, 5.41) is 3.46. The Morgan fingerprint density at radius 1 is 1.14 bits per heavy atom. The van der Waals surface area contributed by atoms with E-state index >= 15 is 0 Å². The van der Waals surface area contributed by atoms with Crippen LogP contribution < -0.4 is 5.32 Å². The van der Waals surface area contributed by atoms with Crippen LogP contribution >= 0.6 is 15.9 Å².